The minimum Gasteiger partial charge on any atom is -0.298 e. The fourth-order valence-corrected chi connectivity index (χ4v) is 5.86. The second-order valence-corrected chi connectivity index (χ2v) is 9.71. The number of carbonyl (C=O) groups is 1. The van der Waals surface area contributed by atoms with Gasteiger partial charge in [0.05, 0.1) is 22.0 Å². The van der Waals surface area contributed by atoms with Gasteiger partial charge in [0.15, 0.2) is 5.13 Å². The summed E-state index contributed by atoms with van der Waals surface area (Å²) in [6, 6.07) is 7.75. The number of hydrogen-bond donors (Lipinski definition) is 1. The van der Waals surface area contributed by atoms with Gasteiger partial charge in [0.25, 0.3) is 5.91 Å². The Morgan fingerprint density at radius 3 is 2.89 bits per heavy atom. The summed E-state index contributed by atoms with van der Waals surface area (Å²) in [6.07, 6.45) is 5.80. The molecule has 1 aromatic carbocycles. The van der Waals surface area contributed by atoms with E-state index in [1.807, 2.05) is 31.2 Å². The Balaban J connectivity index is 1.47. The number of thioether (sulfide) groups is 1. The molecule has 2 aromatic heterocycles. The maximum Gasteiger partial charge on any atom is 0.258 e. The van der Waals surface area contributed by atoms with E-state index in [-0.39, 0.29) is 5.91 Å². The van der Waals surface area contributed by atoms with Crippen LogP contribution in [0.4, 0.5) is 5.13 Å². The average Bonchev–Trinajstić information content (AvgIpc) is 3.19. The Kier molecular flexibility index (Phi) is 5.90. The van der Waals surface area contributed by atoms with Crippen molar-refractivity contribution in [3.63, 3.8) is 0 Å². The molecule has 140 valence electrons. The lowest BCUT2D eigenvalue weighted by molar-refractivity contribution is 0.102. The van der Waals surface area contributed by atoms with E-state index in [2.05, 4.69) is 20.7 Å². The van der Waals surface area contributed by atoms with Crippen LogP contribution in [0.2, 0.25) is 0 Å². The summed E-state index contributed by atoms with van der Waals surface area (Å²) in [5.41, 5.74) is 2.93. The number of aromatic nitrogens is 2. The topological polar surface area (TPSA) is 54.9 Å². The summed E-state index contributed by atoms with van der Waals surface area (Å²) >= 11 is 4.94. The number of hydrogen-bond acceptors (Lipinski definition) is 6. The fourth-order valence-electron chi connectivity index (χ4n) is 3.15. The second kappa shape index (κ2) is 8.54. The third-order valence-corrected chi connectivity index (χ3v) is 7.49. The number of thiazole rings is 2. The van der Waals surface area contributed by atoms with Gasteiger partial charge < -0.3 is 0 Å². The minimum atomic E-state index is -0.0866. The van der Waals surface area contributed by atoms with E-state index in [0.717, 1.165) is 39.3 Å². The maximum absolute atomic E-state index is 12.9. The largest absolute Gasteiger partial charge is 0.298 e. The van der Waals surface area contributed by atoms with Crippen molar-refractivity contribution < 1.29 is 4.79 Å². The Morgan fingerprint density at radius 1 is 1.19 bits per heavy atom. The third kappa shape index (κ3) is 4.59. The molecule has 0 saturated heterocycles. The van der Waals surface area contributed by atoms with Crippen LogP contribution in [0.1, 0.15) is 50.9 Å². The van der Waals surface area contributed by atoms with E-state index < -0.39 is 0 Å². The Hall–Kier alpha value is -1.70. The van der Waals surface area contributed by atoms with Crippen molar-refractivity contribution >= 4 is 45.5 Å². The van der Waals surface area contributed by atoms with E-state index in [1.165, 1.54) is 29.8 Å². The summed E-state index contributed by atoms with van der Waals surface area (Å²) in [6.45, 7) is 2.01. The normalized spacial score (nSPS) is 13.8. The molecule has 7 heteroatoms. The van der Waals surface area contributed by atoms with Crippen molar-refractivity contribution in [2.75, 3.05) is 5.32 Å². The van der Waals surface area contributed by atoms with Gasteiger partial charge in [-0.25, -0.2) is 9.97 Å². The number of amides is 1. The van der Waals surface area contributed by atoms with Crippen LogP contribution >= 0.6 is 34.4 Å². The van der Waals surface area contributed by atoms with E-state index in [0.29, 0.717) is 5.56 Å². The highest BCUT2D eigenvalue weighted by molar-refractivity contribution is 7.98. The monoisotopic (exact) mass is 415 g/mol. The van der Waals surface area contributed by atoms with E-state index in [4.69, 9.17) is 0 Å². The van der Waals surface area contributed by atoms with Crippen LogP contribution in [-0.2, 0) is 18.6 Å². The number of anilines is 1. The molecule has 0 unspecified atom stereocenters. The van der Waals surface area contributed by atoms with Crippen molar-refractivity contribution in [1.82, 2.24) is 9.97 Å². The molecule has 1 amide bonds. The number of nitrogens with zero attached hydrogens (tertiary/aromatic N) is 2. The van der Waals surface area contributed by atoms with Crippen molar-refractivity contribution in [3.05, 3.63) is 56.5 Å². The molecule has 0 saturated carbocycles. The number of benzene rings is 1. The number of carbonyl (C=O) groups excluding carboxylic acids is 1. The number of fused-ring (bicyclic) bond motifs is 1. The van der Waals surface area contributed by atoms with Gasteiger partial charge in [-0.1, -0.05) is 18.6 Å². The first-order valence-corrected chi connectivity index (χ1v) is 11.8. The predicted molar refractivity (Wildman–Crippen MR) is 114 cm³/mol. The molecule has 4 nitrogen and oxygen atoms in total. The second-order valence-electron chi connectivity index (χ2n) is 6.55. The lowest BCUT2D eigenvalue weighted by Gasteiger charge is -2.08. The lowest BCUT2D eigenvalue weighted by atomic mass is 10.2. The highest BCUT2D eigenvalue weighted by atomic mass is 32.2. The van der Waals surface area contributed by atoms with Crippen molar-refractivity contribution in [3.8, 4) is 0 Å². The zero-order valence-corrected chi connectivity index (χ0v) is 17.6. The molecular formula is C20H21N3OS3. The van der Waals surface area contributed by atoms with Gasteiger partial charge >= 0.3 is 0 Å². The molecular weight excluding hydrogens is 394 g/mol. The molecule has 0 radical (unpaired) electrons. The number of nitrogens with one attached hydrogen (secondary N) is 1. The van der Waals surface area contributed by atoms with Gasteiger partial charge in [-0.05, 0) is 44.7 Å². The lowest BCUT2D eigenvalue weighted by Crippen LogP contribution is -2.13. The van der Waals surface area contributed by atoms with E-state index in [1.54, 1.807) is 34.4 Å². The average molecular weight is 416 g/mol. The van der Waals surface area contributed by atoms with Gasteiger partial charge in [-0.15, -0.1) is 34.4 Å². The first-order valence-electron chi connectivity index (χ1n) is 9.12. The van der Waals surface area contributed by atoms with Crippen molar-refractivity contribution in [2.24, 2.45) is 0 Å². The van der Waals surface area contributed by atoms with E-state index >= 15 is 0 Å². The molecule has 27 heavy (non-hydrogen) atoms. The molecule has 4 rings (SSSR count). The molecule has 2 heterocycles. The van der Waals surface area contributed by atoms with Gasteiger partial charge in [0, 0.05) is 20.9 Å². The Bertz CT molecular complexity index is 924. The molecule has 3 aromatic rings. The van der Waals surface area contributed by atoms with Crippen LogP contribution in [0, 0.1) is 6.92 Å². The maximum atomic E-state index is 12.9. The first-order chi connectivity index (χ1) is 13.2. The molecule has 0 aliphatic heterocycles. The van der Waals surface area contributed by atoms with E-state index in [9.17, 15) is 4.79 Å². The third-order valence-electron chi connectivity index (χ3n) is 4.49. The summed E-state index contributed by atoms with van der Waals surface area (Å²) in [4.78, 5) is 24.3. The quantitative estimate of drug-likeness (QED) is 0.428. The molecule has 0 fully saturated rings. The van der Waals surface area contributed by atoms with Crippen molar-refractivity contribution in [1.29, 1.82) is 0 Å². The Morgan fingerprint density at radius 2 is 2.04 bits per heavy atom. The molecule has 0 bridgehead atoms. The van der Waals surface area contributed by atoms with Crippen LogP contribution in [0.5, 0.6) is 0 Å². The van der Waals surface area contributed by atoms with Crippen LogP contribution in [0.15, 0.2) is 34.5 Å². The SMILES string of the molecule is Cc1nc(CSc2ccccc2C(=O)Nc2nc3c(s2)CCCCC3)cs1. The number of rotatable bonds is 5. The highest BCUT2D eigenvalue weighted by Gasteiger charge is 2.17. The van der Waals surface area contributed by atoms with Gasteiger partial charge in [0.2, 0.25) is 0 Å². The molecule has 0 spiro atoms. The molecule has 1 aliphatic rings. The molecule has 1 aliphatic carbocycles. The zero-order chi connectivity index (χ0) is 18.6. The van der Waals surface area contributed by atoms with Crippen LogP contribution < -0.4 is 5.32 Å². The summed E-state index contributed by atoms with van der Waals surface area (Å²) in [5.74, 6) is 0.677. The standard InChI is InChI=1S/C20H21N3OS3/c1-13-21-14(11-25-13)12-26-17-9-6-5-7-15(17)19(24)23-20-22-16-8-3-2-4-10-18(16)27-20/h5-7,9,11H,2-4,8,10,12H2,1H3,(H,22,23,24). The van der Waals surface area contributed by atoms with Crippen LogP contribution in [0.25, 0.3) is 0 Å². The zero-order valence-electron chi connectivity index (χ0n) is 15.2. The summed E-state index contributed by atoms with van der Waals surface area (Å²) in [7, 11) is 0. The van der Waals surface area contributed by atoms with Crippen LogP contribution in [-0.4, -0.2) is 15.9 Å². The van der Waals surface area contributed by atoms with Gasteiger partial charge in [-0.3, -0.25) is 10.1 Å². The van der Waals surface area contributed by atoms with Crippen molar-refractivity contribution in [2.45, 2.75) is 49.7 Å². The minimum absolute atomic E-state index is 0.0866. The summed E-state index contributed by atoms with van der Waals surface area (Å²) < 4.78 is 0. The number of aryl methyl sites for hydroxylation is 3. The predicted octanol–water partition coefficient (Wildman–Crippen LogP) is 5.72. The first kappa shape index (κ1) is 18.7. The Labute approximate surface area is 171 Å². The highest BCUT2D eigenvalue weighted by Crippen LogP contribution is 2.31. The summed E-state index contributed by atoms with van der Waals surface area (Å²) in [5, 5.41) is 6.89. The van der Waals surface area contributed by atoms with Gasteiger partial charge in [0.1, 0.15) is 0 Å². The fraction of sp³-hybridized carbons (Fsp3) is 0.350. The molecule has 1 N–H and O–H groups in total. The molecule has 0 atom stereocenters. The smallest absolute Gasteiger partial charge is 0.258 e. The van der Waals surface area contributed by atoms with Crippen LogP contribution in [0.3, 0.4) is 0 Å². The van der Waals surface area contributed by atoms with Gasteiger partial charge in [-0.2, -0.15) is 0 Å².